The van der Waals surface area contributed by atoms with Gasteiger partial charge in [0.15, 0.2) is 0 Å². The van der Waals surface area contributed by atoms with E-state index in [1.807, 2.05) is 30.3 Å². The second kappa shape index (κ2) is 13.3. The molecule has 0 saturated heterocycles. The Morgan fingerprint density at radius 1 is 0.923 bits per heavy atom. The molecule has 208 valence electrons. The molecule has 0 aromatic heterocycles. The number of nitrogens with zero attached hydrogens (tertiary/aromatic N) is 2. The molecule has 0 saturated carbocycles. The van der Waals surface area contributed by atoms with Gasteiger partial charge in [-0.25, -0.2) is 12.8 Å². The first-order chi connectivity index (χ1) is 18.3. The monoisotopic (exact) mass is 593 g/mol. The third-order valence-electron chi connectivity index (χ3n) is 5.81. The minimum atomic E-state index is -3.99. The van der Waals surface area contributed by atoms with E-state index in [2.05, 4.69) is 5.32 Å². The average Bonchev–Trinajstić information content (AvgIpc) is 2.86. The van der Waals surface area contributed by atoms with Gasteiger partial charge >= 0.3 is 0 Å². The molecule has 0 radical (unpaired) electrons. The van der Waals surface area contributed by atoms with Crippen molar-refractivity contribution >= 4 is 50.7 Å². The van der Waals surface area contributed by atoms with Crippen molar-refractivity contribution in [1.29, 1.82) is 0 Å². The van der Waals surface area contributed by atoms with Crippen LogP contribution < -0.4 is 9.62 Å². The summed E-state index contributed by atoms with van der Waals surface area (Å²) in [6.45, 7) is 2.90. The highest BCUT2D eigenvalue weighted by Crippen LogP contribution is 2.25. The van der Waals surface area contributed by atoms with E-state index < -0.39 is 40.2 Å². The Morgan fingerprint density at radius 2 is 1.62 bits per heavy atom. The van der Waals surface area contributed by atoms with Crippen molar-refractivity contribution < 1.29 is 22.4 Å². The first kappa shape index (κ1) is 30.4. The van der Waals surface area contributed by atoms with Crippen LogP contribution in [0.15, 0.2) is 72.8 Å². The third-order valence-corrected chi connectivity index (χ3v) is 7.69. The molecule has 0 spiro atoms. The maximum absolute atomic E-state index is 14.0. The maximum Gasteiger partial charge on any atom is 0.244 e. The maximum atomic E-state index is 14.0. The SMILES string of the molecule is CC(C)NC(=O)C(Cc1ccccc1)N(Cc1ccc(Cl)c(Cl)c1)C(=O)CN(c1cccc(F)c1)S(C)(=O)=O. The van der Waals surface area contributed by atoms with Crippen LogP contribution >= 0.6 is 23.2 Å². The average molecular weight is 595 g/mol. The molecule has 1 unspecified atom stereocenters. The highest BCUT2D eigenvalue weighted by atomic mass is 35.5. The van der Waals surface area contributed by atoms with Gasteiger partial charge in [0, 0.05) is 19.0 Å². The zero-order valence-electron chi connectivity index (χ0n) is 21.8. The Kier molecular flexibility index (Phi) is 10.4. The largest absolute Gasteiger partial charge is 0.352 e. The minimum absolute atomic E-state index is 0.00780. The minimum Gasteiger partial charge on any atom is -0.352 e. The Bertz CT molecular complexity index is 1420. The van der Waals surface area contributed by atoms with Crippen LogP contribution in [0.4, 0.5) is 10.1 Å². The normalized spacial score (nSPS) is 12.2. The third kappa shape index (κ3) is 8.68. The fourth-order valence-corrected chi connectivity index (χ4v) is 5.18. The van der Waals surface area contributed by atoms with Gasteiger partial charge in [-0.15, -0.1) is 0 Å². The Morgan fingerprint density at radius 3 is 2.21 bits per heavy atom. The summed E-state index contributed by atoms with van der Waals surface area (Å²) in [5.41, 5.74) is 1.38. The van der Waals surface area contributed by atoms with E-state index in [-0.39, 0.29) is 29.7 Å². The number of sulfonamides is 1. The van der Waals surface area contributed by atoms with Crippen molar-refractivity contribution in [3.63, 3.8) is 0 Å². The summed E-state index contributed by atoms with van der Waals surface area (Å²) in [7, 11) is -3.99. The molecule has 1 N–H and O–H groups in total. The van der Waals surface area contributed by atoms with Crippen LogP contribution in [0.3, 0.4) is 0 Å². The number of carbonyl (C=O) groups excluding carboxylic acids is 2. The molecule has 1 atom stereocenters. The second-order valence-corrected chi connectivity index (χ2v) is 12.1. The molecule has 39 heavy (non-hydrogen) atoms. The van der Waals surface area contributed by atoms with Crippen molar-refractivity contribution in [3.05, 3.63) is 99.8 Å². The summed E-state index contributed by atoms with van der Waals surface area (Å²) in [4.78, 5) is 28.7. The molecule has 0 fully saturated rings. The highest BCUT2D eigenvalue weighted by Gasteiger charge is 2.33. The molecular formula is C28H30Cl2FN3O4S. The van der Waals surface area contributed by atoms with Gasteiger partial charge < -0.3 is 10.2 Å². The van der Waals surface area contributed by atoms with Crippen molar-refractivity contribution in [2.45, 2.75) is 38.9 Å². The molecular weight excluding hydrogens is 564 g/mol. The van der Waals surface area contributed by atoms with E-state index in [1.54, 1.807) is 32.0 Å². The lowest BCUT2D eigenvalue weighted by Gasteiger charge is -2.34. The van der Waals surface area contributed by atoms with Gasteiger partial charge in [-0.3, -0.25) is 13.9 Å². The van der Waals surface area contributed by atoms with Crippen molar-refractivity contribution in [2.24, 2.45) is 0 Å². The number of halogens is 3. The quantitative estimate of drug-likeness (QED) is 0.336. The predicted octanol–water partition coefficient (Wildman–Crippen LogP) is 5.06. The summed E-state index contributed by atoms with van der Waals surface area (Å²) in [6, 6.07) is 17.8. The number of carbonyl (C=O) groups is 2. The lowest BCUT2D eigenvalue weighted by atomic mass is 10.0. The zero-order valence-corrected chi connectivity index (χ0v) is 24.1. The highest BCUT2D eigenvalue weighted by molar-refractivity contribution is 7.92. The van der Waals surface area contributed by atoms with E-state index in [0.717, 1.165) is 22.2 Å². The predicted molar refractivity (Wildman–Crippen MR) is 153 cm³/mol. The molecule has 2 amide bonds. The molecule has 11 heteroatoms. The van der Waals surface area contributed by atoms with Gasteiger partial charge in [0.1, 0.15) is 18.4 Å². The second-order valence-electron chi connectivity index (χ2n) is 9.39. The molecule has 7 nitrogen and oxygen atoms in total. The van der Waals surface area contributed by atoms with Gasteiger partial charge in [0.2, 0.25) is 21.8 Å². The van der Waals surface area contributed by atoms with Crippen molar-refractivity contribution in [3.8, 4) is 0 Å². The van der Waals surface area contributed by atoms with Crippen LogP contribution in [0, 0.1) is 5.82 Å². The number of benzene rings is 3. The fraction of sp³-hybridized carbons (Fsp3) is 0.286. The first-order valence-corrected chi connectivity index (χ1v) is 14.8. The number of hydrogen-bond acceptors (Lipinski definition) is 4. The molecule has 3 rings (SSSR count). The molecule has 0 aliphatic heterocycles. The van der Waals surface area contributed by atoms with Gasteiger partial charge in [-0.05, 0) is 55.3 Å². The summed E-state index contributed by atoms with van der Waals surface area (Å²) in [6.07, 6.45) is 1.10. The Hall–Kier alpha value is -3.14. The van der Waals surface area contributed by atoms with Crippen LogP contribution in [0.25, 0.3) is 0 Å². The van der Waals surface area contributed by atoms with Gasteiger partial charge in [0.25, 0.3) is 0 Å². The van der Waals surface area contributed by atoms with E-state index in [9.17, 15) is 22.4 Å². The van der Waals surface area contributed by atoms with Gasteiger partial charge in [0.05, 0.1) is 22.0 Å². The molecule has 3 aromatic rings. The number of rotatable bonds is 11. The summed E-state index contributed by atoms with van der Waals surface area (Å²) < 4.78 is 40.2. The van der Waals surface area contributed by atoms with Crippen LogP contribution in [0.5, 0.6) is 0 Å². The topological polar surface area (TPSA) is 86.8 Å². The van der Waals surface area contributed by atoms with Gasteiger partial charge in [-0.1, -0.05) is 65.7 Å². The number of amides is 2. The lowest BCUT2D eigenvalue weighted by molar-refractivity contribution is -0.140. The number of anilines is 1. The van der Waals surface area contributed by atoms with E-state index in [1.165, 1.54) is 23.1 Å². The van der Waals surface area contributed by atoms with Crippen molar-refractivity contribution in [2.75, 3.05) is 17.1 Å². The van der Waals surface area contributed by atoms with Crippen LogP contribution in [0.1, 0.15) is 25.0 Å². The molecule has 0 heterocycles. The standard InChI is InChI=1S/C28H30Cl2FN3O4S/c1-19(2)32-28(36)26(15-20-8-5-4-6-9-20)33(17-21-12-13-24(29)25(30)14-21)27(35)18-34(39(3,37)38)23-11-7-10-22(31)16-23/h4-14,16,19,26H,15,17-18H2,1-3H3,(H,32,36). The van der Waals surface area contributed by atoms with Crippen LogP contribution in [-0.2, 0) is 32.6 Å². The zero-order chi connectivity index (χ0) is 28.7. The summed E-state index contributed by atoms with van der Waals surface area (Å²) in [5.74, 6) is -1.71. The molecule has 3 aromatic carbocycles. The smallest absolute Gasteiger partial charge is 0.244 e. The van der Waals surface area contributed by atoms with E-state index in [0.29, 0.717) is 10.6 Å². The van der Waals surface area contributed by atoms with Crippen LogP contribution in [0.2, 0.25) is 10.0 Å². The van der Waals surface area contributed by atoms with Crippen molar-refractivity contribution in [1.82, 2.24) is 10.2 Å². The molecule has 0 bridgehead atoms. The van der Waals surface area contributed by atoms with Gasteiger partial charge in [-0.2, -0.15) is 0 Å². The number of nitrogens with one attached hydrogen (secondary N) is 1. The molecule has 0 aliphatic carbocycles. The van der Waals surface area contributed by atoms with E-state index >= 15 is 0 Å². The van der Waals surface area contributed by atoms with Crippen LogP contribution in [-0.4, -0.2) is 50.0 Å². The number of hydrogen-bond donors (Lipinski definition) is 1. The van der Waals surface area contributed by atoms with E-state index in [4.69, 9.17) is 23.2 Å². The summed E-state index contributed by atoms with van der Waals surface area (Å²) >= 11 is 12.3. The first-order valence-electron chi connectivity index (χ1n) is 12.2. The molecule has 0 aliphatic rings. The lowest BCUT2D eigenvalue weighted by Crippen LogP contribution is -2.54. The Balaban J connectivity index is 2.07. The summed E-state index contributed by atoms with van der Waals surface area (Å²) in [5, 5.41) is 3.46. The Labute approximate surface area is 238 Å². The fourth-order valence-electron chi connectivity index (χ4n) is 4.01.